The van der Waals surface area contributed by atoms with Gasteiger partial charge in [-0.3, -0.25) is 0 Å². The van der Waals surface area contributed by atoms with Crippen LogP contribution in [0.15, 0.2) is 53.1 Å². The highest BCUT2D eigenvalue weighted by molar-refractivity contribution is 9.10. The van der Waals surface area contributed by atoms with Crippen LogP contribution in [-0.2, 0) is 0 Å². The van der Waals surface area contributed by atoms with Gasteiger partial charge >= 0.3 is 0 Å². The standard InChI is InChI=1S/C15H13BrN2O/c1-10(19)13-8-12(16)6-7-15(13)18-14-5-3-2-4-11(14)9-17-18/h2-10,19H,1H3. The minimum absolute atomic E-state index is 0.546. The Balaban J connectivity index is 2.27. The molecule has 3 aromatic rings. The molecule has 1 N–H and O–H groups in total. The van der Waals surface area contributed by atoms with Crippen molar-refractivity contribution < 1.29 is 5.11 Å². The van der Waals surface area contributed by atoms with Gasteiger partial charge in [-0.25, -0.2) is 4.68 Å². The maximum Gasteiger partial charge on any atom is 0.0783 e. The van der Waals surface area contributed by atoms with Crippen molar-refractivity contribution in [1.82, 2.24) is 9.78 Å². The molecule has 96 valence electrons. The van der Waals surface area contributed by atoms with Crippen LogP contribution in [0.25, 0.3) is 16.6 Å². The number of rotatable bonds is 2. The van der Waals surface area contributed by atoms with Gasteiger partial charge in [0.2, 0.25) is 0 Å². The van der Waals surface area contributed by atoms with E-state index in [0.29, 0.717) is 0 Å². The zero-order valence-corrected chi connectivity index (χ0v) is 12.0. The topological polar surface area (TPSA) is 38.0 Å². The third-order valence-corrected chi connectivity index (χ3v) is 3.64. The monoisotopic (exact) mass is 316 g/mol. The highest BCUT2D eigenvalue weighted by atomic mass is 79.9. The van der Waals surface area contributed by atoms with E-state index in [1.807, 2.05) is 53.3 Å². The smallest absolute Gasteiger partial charge is 0.0783 e. The van der Waals surface area contributed by atoms with E-state index in [0.717, 1.165) is 26.6 Å². The molecule has 1 atom stereocenters. The van der Waals surface area contributed by atoms with E-state index >= 15 is 0 Å². The predicted molar refractivity (Wildman–Crippen MR) is 79.4 cm³/mol. The first-order valence-corrected chi connectivity index (χ1v) is 6.87. The average molecular weight is 317 g/mol. The SMILES string of the molecule is CC(O)c1cc(Br)ccc1-n1ncc2ccccc21. The van der Waals surface area contributed by atoms with E-state index in [4.69, 9.17) is 0 Å². The first-order chi connectivity index (χ1) is 9.16. The molecule has 0 spiro atoms. The molecular weight excluding hydrogens is 304 g/mol. The summed E-state index contributed by atoms with van der Waals surface area (Å²) in [6.07, 6.45) is 1.29. The molecule has 0 aliphatic heterocycles. The Labute approximate surface area is 119 Å². The summed E-state index contributed by atoms with van der Waals surface area (Å²) in [5.74, 6) is 0. The molecule has 0 amide bonds. The second-order valence-electron chi connectivity index (χ2n) is 4.49. The molecular formula is C15H13BrN2O. The summed E-state index contributed by atoms with van der Waals surface area (Å²) in [6, 6.07) is 13.9. The molecule has 0 radical (unpaired) electrons. The lowest BCUT2D eigenvalue weighted by molar-refractivity contribution is 0.199. The summed E-state index contributed by atoms with van der Waals surface area (Å²) >= 11 is 3.44. The van der Waals surface area contributed by atoms with Crippen LogP contribution < -0.4 is 0 Å². The average Bonchev–Trinajstić information content (AvgIpc) is 2.82. The summed E-state index contributed by atoms with van der Waals surface area (Å²) < 4.78 is 2.81. The molecule has 3 rings (SSSR count). The summed E-state index contributed by atoms with van der Waals surface area (Å²) in [5, 5.41) is 15.5. The molecule has 4 heteroatoms. The summed E-state index contributed by atoms with van der Waals surface area (Å²) in [6.45, 7) is 1.76. The maximum atomic E-state index is 9.94. The Bertz CT molecular complexity index is 734. The number of aliphatic hydroxyl groups is 1. The molecule has 1 heterocycles. The van der Waals surface area contributed by atoms with Crippen molar-refractivity contribution in [3.63, 3.8) is 0 Å². The van der Waals surface area contributed by atoms with Crippen LogP contribution in [0.3, 0.4) is 0 Å². The number of para-hydroxylation sites is 1. The lowest BCUT2D eigenvalue weighted by Crippen LogP contribution is -2.03. The second kappa shape index (κ2) is 4.79. The number of fused-ring (bicyclic) bond motifs is 1. The van der Waals surface area contributed by atoms with Gasteiger partial charge in [-0.1, -0.05) is 34.1 Å². The minimum atomic E-state index is -0.546. The Morgan fingerprint density at radius 3 is 2.79 bits per heavy atom. The summed E-state index contributed by atoms with van der Waals surface area (Å²) in [4.78, 5) is 0. The molecule has 1 unspecified atom stereocenters. The third-order valence-electron chi connectivity index (χ3n) is 3.15. The lowest BCUT2D eigenvalue weighted by atomic mass is 10.1. The Kier molecular flexibility index (Phi) is 3.12. The van der Waals surface area contributed by atoms with Gasteiger partial charge in [0.05, 0.1) is 23.5 Å². The van der Waals surface area contributed by atoms with Crippen LogP contribution >= 0.6 is 15.9 Å². The Hall–Kier alpha value is -1.65. The first kappa shape index (κ1) is 12.4. The fraction of sp³-hybridized carbons (Fsp3) is 0.133. The van der Waals surface area contributed by atoms with Crippen molar-refractivity contribution in [3.05, 3.63) is 58.7 Å². The van der Waals surface area contributed by atoms with Crippen molar-refractivity contribution in [2.24, 2.45) is 0 Å². The fourth-order valence-electron chi connectivity index (χ4n) is 2.22. The van der Waals surface area contributed by atoms with E-state index in [1.54, 1.807) is 6.92 Å². The molecule has 0 aliphatic carbocycles. The number of aromatic nitrogens is 2. The van der Waals surface area contributed by atoms with Crippen LogP contribution in [0.1, 0.15) is 18.6 Å². The van der Waals surface area contributed by atoms with Crippen LogP contribution in [0, 0.1) is 0 Å². The van der Waals surface area contributed by atoms with Gasteiger partial charge in [-0.15, -0.1) is 0 Å². The Morgan fingerprint density at radius 1 is 1.21 bits per heavy atom. The first-order valence-electron chi connectivity index (χ1n) is 6.07. The van der Waals surface area contributed by atoms with Gasteiger partial charge in [0.1, 0.15) is 0 Å². The molecule has 0 saturated carbocycles. The number of benzene rings is 2. The number of nitrogens with zero attached hydrogens (tertiary/aromatic N) is 2. The highest BCUT2D eigenvalue weighted by Crippen LogP contribution is 2.27. The van der Waals surface area contributed by atoms with Crippen molar-refractivity contribution in [2.45, 2.75) is 13.0 Å². The van der Waals surface area contributed by atoms with E-state index in [2.05, 4.69) is 21.0 Å². The van der Waals surface area contributed by atoms with Gasteiger partial charge in [0.25, 0.3) is 0 Å². The molecule has 19 heavy (non-hydrogen) atoms. The third kappa shape index (κ3) is 2.17. The number of hydrogen-bond acceptors (Lipinski definition) is 2. The number of hydrogen-bond donors (Lipinski definition) is 1. The van der Waals surface area contributed by atoms with E-state index < -0.39 is 6.10 Å². The molecule has 2 aromatic carbocycles. The fourth-order valence-corrected chi connectivity index (χ4v) is 2.60. The zero-order valence-electron chi connectivity index (χ0n) is 10.4. The maximum absolute atomic E-state index is 9.94. The van der Waals surface area contributed by atoms with Gasteiger partial charge < -0.3 is 5.11 Å². The molecule has 0 saturated heterocycles. The number of aliphatic hydroxyl groups excluding tert-OH is 1. The van der Waals surface area contributed by atoms with Crippen LogP contribution in [0.4, 0.5) is 0 Å². The van der Waals surface area contributed by atoms with Crippen LogP contribution in [0.5, 0.6) is 0 Å². The van der Waals surface area contributed by atoms with Gasteiger partial charge in [-0.2, -0.15) is 5.10 Å². The van der Waals surface area contributed by atoms with E-state index in [-0.39, 0.29) is 0 Å². The molecule has 1 aromatic heterocycles. The van der Waals surface area contributed by atoms with Crippen molar-refractivity contribution in [3.8, 4) is 5.69 Å². The van der Waals surface area contributed by atoms with Crippen molar-refractivity contribution in [1.29, 1.82) is 0 Å². The molecule has 0 aliphatic rings. The molecule has 3 nitrogen and oxygen atoms in total. The zero-order chi connectivity index (χ0) is 13.4. The van der Waals surface area contributed by atoms with E-state index in [1.165, 1.54) is 0 Å². The highest BCUT2D eigenvalue weighted by Gasteiger charge is 2.13. The molecule has 0 bridgehead atoms. The Morgan fingerprint density at radius 2 is 2.00 bits per heavy atom. The largest absolute Gasteiger partial charge is 0.389 e. The minimum Gasteiger partial charge on any atom is -0.389 e. The van der Waals surface area contributed by atoms with Crippen LogP contribution in [-0.4, -0.2) is 14.9 Å². The quantitative estimate of drug-likeness (QED) is 0.780. The normalized spacial score (nSPS) is 12.8. The number of halogens is 1. The molecule has 0 fully saturated rings. The van der Waals surface area contributed by atoms with Crippen molar-refractivity contribution >= 4 is 26.8 Å². The lowest BCUT2D eigenvalue weighted by Gasteiger charge is -2.13. The second-order valence-corrected chi connectivity index (χ2v) is 5.41. The van der Waals surface area contributed by atoms with Gasteiger partial charge in [-0.05, 0) is 31.2 Å². The summed E-state index contributed by atoms with van der Waals surface area (Å²) in [5.41, 5.74) is 2.79. The summed E-state index contributed by atoms with van der Waals surface area (Å²) in [7, 11) is 0. The van der Waals surface area contributed by atoms with Crippen molar-refractivity contribution in [2.75, 3.05) is 0 Å². The van der Waals surface area contributed by atoms with Crippen LogP contribution in [0.2, 0.25) is 0 Å². The van der Waals surface area contributed by atoms with Gasteiger partial charge in [0, 0.05) is 15.4 Å². The van der Waals surface area contributed by atoms with E-state index in [9.17, 15) is 5.11 Å². The van der Waals surface area contributed by atoms with Gasteiger partial charge in [0.15, 0.2) is 0 Å². The predicted octanol–water partition coefficient (Wildman–Crippen LogP) is 3.84.